The molecular formula is C24H21F4N3O3. The number of rotatable bonds is 2. The lowest BCUT2D eigenvalue weighted by molar-refractivity contribution is -0.140. The van der Waals surface area contributed by atoms with E-state index in [0.717, 1.165) is 28.6 Å². The van der Waals surface area contributed by atoms with Crippen molar-refractivity contribution in [1.82, 2.24) is 9.88 Å². The van der Waals surface area contributed by atoms with Crippen LogP contribution in [0, 0.1) is 5.82 Å². The van der Waals surface area contributed by atoms with Crippen molar-refractivity contribution >= 4 is 22.6 Å². The Balaban J connectivity index is 1.53. The van der Waals surface area contributed by atoms with Crippen LogP contribution in [0.25, 0.3) is 10.9 Å². The zero-order valence-corrected chi connectivity index (χ0v) is 18.2. The summed E-state index contributed by atoms with van der Waals surface area (Å²) in [6, 6.07) is 6.99. The first-order valence-electron chi connectivity index (χ1n) is 10.7. The van der Waals surface area contributed by atoms with E-state index in [9.17, 15) is 22.4 Å². The Hall–Kier alpha value is -3.24. The van der Waals surface area contributed by atoms with Crippen LogP contribution in [-0.4, -0.2) is 35.5 Å². The number of carbonyl (C=O) groups is 1. The number of halogens is 4. The first-order chi connectivity index (χ1) is 16.1. The van der Waals surface area contributed by atoms with Crippen molar-refractivity contribution in [3.05, 3.63) is 70.0 Å². The van der Waals surface area contributed by atoms with Crippen molar-refractivity contribution in [3.63, 3.8) is 0 Å². The quantitative estimate of drug-likeness (QED) is 0.540. The molecule has 0 radical (unpaired) electrons. The standard InChI is InChI=1S/C24H21F4N3O3/c1-12-21-16(10-34-12)15-8-14(3-5-19(15)30-22(21)29)23(32)31-6-7-33-11-20(31)13-2-4-18(25)17(9-13)24(26,27)28/h2-5,8-9,12,20H,6-7,10-11H2,1H3,(H2,29,30)/t12-,20-/m1/s1. The van der Waals surface area contributed by atoms with Gasteiger partial charge in [0, 0.05) is 23.1 Å². The van der Waals surface area contributed by atoms with Crippen molar-refractivity contribution in [2.24, 2.45) is 0 Å². The molecule has 0 unspecified atom stereocenters. The van der Waals surface area contributed by atoms with E-state index in [1.807, 2.05) is 6.92 Å². The van der Waals surface area contributed by atoms with Gasteiger partial charge in [-0.2, -0.15) is 13.2 Å². The number of nitrogens with zero attached hydrogens (tertiary/aromatic N) is 2. The van der Waals surface area contributed by atoms with E-state index in [4.69, 9.17) is 15.2 Å². The van der Waals surface area contributed by atoms with E-state index >= 15 is 0 Å². The van der Waals surface area contributed by atoms with Crippen molar-refractivity contribution < 1.29 is 31.8 Å². The maximum atomic E-state index is 13.8. The normalized spacial score (nSPS) is 20.6. The fourth-order valence-corrected chi connectivity index (χ4v) is 4.65. The lowest BCUT2D eigenvalue weighted by atomic mass is 9.98. The number of nitrogens with two attached hydrogens (primary N) is 1. The number of alkyl halides is 3. The number of fused-ring (bicyclic) bond motifs is 3. The van der Waals surface area contributed by atoms with Crippen LogP contribution >= 0.6 is 0 Å². The molecule has 5 rings (SSSR count). The number of anilines is 1. The number of benzene rings is 2. The molecule has 1 aromatic heterocycles. The molecule has 2 atom stereocenters. The summed E-state index contributed by atoms with van der Waals surface area (Å²) in [7, 11) is 0. The average molecular weight is 475 g/mol. The second kappa shape index (κ2) is 8.21. The highest BCUT2D eigenvalue weighted by atomic mass is 19.4. The Morgan fingerprint density at radius 2 is 2.00 bits per heavy atom. The molecule has 10 heteroatoms. The van der Waals surface area contributed by atoms with Gasteiger partial charge in [-0.05, 0) is 48.4 Å². The highest BCUT2D eigenvalue weighted by molar-refractivity contribution is 5.99. The highest BCUT2D eigenvalue weighted by Crippen LogP contribution is 2.39. The predicted molar refractivity (Wildman–Crippen MR) is 115 cm³/mol. The topological polar surface area (TPSA) is 77.7 Å². The van der Waals surface area contributed by atoms with Crippen LogP contribution in [0.5, 0.6) is 0 Å². The largest absolute Gasteiger partial charge is 0.419 e. The van der Waals surface area contributed by atoms with Crippen LogP contribution < -0.4 is 5.73 Å². The van der Waals surface area contributed by atoms with Crippen molar-refractivity contribution in [1.29, 1.82) is 0 Å². The molecule has 0 bridgehead atoms. The molecule has 34 heavy (non-hydrogen) atoms. The molecule has 0 spiro atoms. The number of hydrogen-bond donors (Lipinski definition) is 1. The van der Waals surface area contributed by atoms with Crippen LogP contribution in [0.1, 0.15) is 51.7 Å². The summed E-state index contributed by atoms with van der Waals surface area (Å²) in [4.78, 5) is 19.4. The van der Waals surface area contributed by atoms with E-state index in [-0.39, 0.29) is 37.3 Å². The van der Waals surface area contributed by atoms with Gasteiger partial charge in [0.15, 0.2) is 0 Å². The van der Waals surface area contributed by atoms with Gasteiger partial charge in [0.1, 0.15) is 11.6 Å². The van der Waals surface area contributed by atoms with Crippen molar-refractivity contribution in [2.45, 2.75) is 31.9 Å². The maximum absolute atomic E-state index is 13.8. The van der Waals surface area contributed by atoms with E-state index < -0.39 is 23.6 Å². The predicted octanol–water partition coefficient (Wildman–Crippen LogP) is 4.78. The molecule has 1 amide bonds. The highest BCUT2D eigenvalue weighted by Gasteiger charge is 2.37. The minimum Gasteiger partial charge on any atom is -0.383 e. The third-order valence-corrected chi connectivity index (χ3v) is 6.36. The third kappa shape index (κ3) is 3.76. The second-order valence-electron chi connectivity index (χ2n) is 8.40. The number of carbonyl (C=O) groups excluding carboxylic acids is 1. The fraction of sp³-hybridized carbons (Fsp3) is 0.333. The van der Waals surface area contributed by atoms with Crippen LogP contribution in [0.4, 0.5) is 23.4 Å². The SMILES string of the molecule is C[C@H]1OCc2c1c(N)nc1ccc(C(=O)N3CCOC[C@@H]3c3ccc(F)c(C(F)(F)F)c3)cc21. The van der Waals surface area contributed by atoms with Gasteiger partial charge in [-0.3, -0.25) is 4.79 Å². The van der Waals surface area contributed by atoms with Crippen LogP contribution in [0.3, 0.4) is 0 Å². The fourth-order valence-electron chi connectivity index (χ4n) is 4.65. The molecule has 2 N–H and O–H groups in total. The zero-order chi connectivity index (χ0) is 24.2. The molecule has 2 aromatic carbocycles. The molecule has 2 aliphatic rings. The number of ether oxygens (including phenoxy) is 2. The van der Waals surface area contributed by atoms with Gasteiger partial charge >= 0.3 is 6.18 Å². The monoisotopic (exact) mass is 475 g/mol. The molecule has 0 aliphatic carbocycles. The summed E-state index contributed by atoms with van der Waals surface area (Å²) < 4.78 is 64.7. The minimum atomic E-state index is -4.85. The summed E-state index contributed by atoms with van der Waals surface area (Å²) in [5.74, 6) is -1.35. The summed E-state index contributed by atoms with van der Waals surface area (Å²) in [5, 5.41) is 0.741. The molecule has 3 aromatic rings. The molecule has 6 nitrogen and oxygen atoms in total. The Morgan fingerprint density at radius 3 is 2.76 bits per heavy atom. The minimum absolute atomic E-state index is 0.00108. The van der Waals surface area contributed by atoms with Gasteiger partial charge in [0.2, 0.25) is 0 Å². The molecule has 1 saturated heterocycles. The summed E-state index contributed by atoms with van der Waals surface area (Å²) in [6.45, 7) is 2.63. The Kier molecular flexibility index (Phi) is 5.44. The van der Waals surface area contributed by atoms with E-state index in [0.29, 0.717) is 23.5 Å². The number of nitrogen functional groups attached to an aromatic ring is 1. The van der Waals surface area contributed by atoms with Crippen LogP contribution in [0.15, 0.2) is 36.4 Å². The van der Waals surface area contributed by atoms with E-state index in [1.54, 1.807) is 18.2 Å². The Bertz CT molecular complexity index is 1290. The number of morpholine rings is 1. The van der Waals surface area contributed by atoms with Crippen LogP contribution in [-0.2, 0) is 22.3 Å². The first kappa shape index (κ1) is 22.5. The summed E-state index contributed by atoms with van der Waals surface area (Å²) in [5.41, 5.74) is 7.52. The smallest absolute Gasteiger partial charge is 0.383 e. The second-order valence-corrected chi connectivity index (χ2v) is 8.40. The molecule has 2 aliphatic heterocycles. The Morgan fingerprint density at radius 1 is 1.21 bits per heavy atom. The molecular weight excluding hydrogens is 454 g/mol. The van der Waals surface area contributed by atoms with Crippen molar-refractivity contribution in [2.75, 3.05) is 25.5 Å². The zero-order valence-electron chi connectivity index (χ0n) is 18.2. The Labute approximate surface area is 192 Å². The van der Waals surface area contributed by atoms with Gasteiger partial charge in [-0.1, -0.05) is 6.07 Å². The van der Waals surface area contributed by atoms with Gasteiger partial charge in [-0.15, -0.1) is 0 Å². The van der Waals surface area contributed by atoms with Crippen LogP contribution in [0.2, 0.25) is 0 Å². The summed E-state index contributed by atoms with van der Waals surface area (Å²) >= 11 is 0. The molecule has 3 heterocycles. The molecule has 1 fully saturated rings. The summed E-state index contributed by atoms with van der Waals surface area (Å²) in [6.07, 6.45) is -5.06. The van der Waals surface area contributed by atoms with E-state index in [1.165, 1.54) is 11.0 Å². The van der Waals surface area contributed by atoms with Gasteiger partial charge in [0.05, 0.1) is 43.0 Å². The first-order valence-corrected chi connectivity index (χ1v) is 10.7. The van der Waals surface area contributed by atoms with Gasteiger partial charge in [-0.25, -0.2) is 9.37 Å². The number of amides is 1. The van der Waals surface area contributed by atoms with E-state index in [2.05, 4.69) is 4.98 Å². The van der Waals surface area contributed by atoms with Gasteiger partial charge < -0.3 is 20.1 Å². The average Bonchev–Trinajstić information content (AvgIpc) is 3.20. The lowest BCUT2D eigenvalue weighted by Gasteiger charge is -2.36. The number of aromatic nitrogens is 1. The number of hydrogen-bond acceptors (Lipinski definition) is 5. The maximum Gasteiger partial charge on any atom is 0.419 e. The van der Waals surface area contributed by atoms with Gasteiger partial charge in [0.25, 0.3) is 5.91 Å². The third-order valence-electron chi connectivity index (χ3n) is 6.36. The number of pyridine rings is 1. The lowest BCUT2D eigenvalue weighted by Crippen LogP contribution is -2.43. The molecule has 0 saturated carbocycles. The molecule has 178 valence electrons. The van der Waals surface area contributed by atoms with Crippen molar-refractivity contribution in [3.8, 4) is 0 Å².